The van der Waals surface area contributed by atoms with E-state index in [0.29, 0.717) is 35.9 Å². The molecule has 5 nitrogen and oxygen atoms in total. The van der Waals surface area contributed by atoms with Crippen LogP contribution < -0.4 is 10.6 Å². The lowest BCUT2D eigenvalue weighted by Crippen LogP contribution is -2.39. The maximum atomic E-state index is 12.3. The van der Waals surface area contributed by atoms with Gasteiger partial charge in [0.25, 0.3) is 0 Å². The van der Waals surface area contributed by atoms with Crippen LogP contribution in [0.2, 0.25) is 0 Å². The van der Waals surface area contributed by atoms with Crippen LogP contribution in [0.25, 0.3) is 11.1 Å². The first-order chi connectivity index (χ1) is 13.2. The van der Waals surface area contributed by atoms with E-state index in [2.05, 4.69) is 16.7 Å². The zero-order valence-electron chi connectivity index (χ0n) is 15.2. The summed E-state index contributed by atoms with van der Waals surface area (Å²) in [4.78, 5) is 12.3. The van der Waals surface area contributed by atoms with Crippen molar-refractivity contribution in [3.63, 3.8) is 0 Å². The summed E-state index contributed by atoms with van der Waals surface area (Å²) in [5.74, 6) is 0.442. The lowest BCUT2D eigenvalue weighted by atomic mass is 9.93. The Morgan fingerprint density at radius 1 is 1.15 bits per heavy atom. The van der Waals surface area contributed by atoms with Crippen molar-refractivity contribution in [1.29, 1.82) is 5.26 Å². The van der Waals surface area contributed by atoms with E-state index in [1.807, 2.05) is 42.5 Å². The molecule has 2 unspecified atom stereocenters. The third kappa shape index (κ3) is 4.12. The van der Waals surface area contributed by atoms with Gasteiger partial charge in [-0.1, -0.05) is 30.3 Å². The van der Waals surface area contributed by atoms with Crippen molar-refractivity contribution in [2.75, 3.05) is 11.9 Å². The molecule has 2 N–H and O–H groups in total. The maximum absolute atomic E-state index is 12.3. The average molecular weight is 361 g/mol. The van der Waals surface area contributed by atoms with Gasteiger partial charge in [-0.3, -0.25) is 5.32 Å². The van der Waals surface area contributed by atoms with Gasteiger partial charge < -0.3 is 10.1 Å². The van der Waals surface area contributed by atoms with E-state index >= 15 is 0 Å². The number of amides is 1. The Hall–Kier alpha value is -2.84. The first-order valence-corrected chi connectivity index (χ1v) is 9.50. The van der Waals surface area contributed by atoms with E-state index in [-0.39, 0.29) is 0 Å². The quantitative estimate of drug-likeness (QED) is 0.851. The van der Waals surface area contributed by atoms with E-state index in [1.165, 1.54) is 12.8 Å². The number of nitrogens with zero attached hydrogens (tertiary/aromatic N) is 1. The van der Waals surface area contributed by atoms with E-state index < -0.39 is 6.09 Å². The number of ether oxygens (including phenoxy) is 1. The molecular formula is C22H23N3O2. The van der Waals surface area contributed by atoms with Crippen molar-refractivity contribution in [3.05, 3.63) is 54.1 Å². The number of para-hydroxylation sites is 1. The number of rotatable bonds is 4. The summed E-state index contributed by atoms with van der Waals surface area (Å²) in [7, 11) is 0. The van der Waals surface area contributed by atoms with Gasteiger partial charge in [-0.05, 0) is 55.4 Å². The van der Waals surface area contributed by atoms with Crippen molar-refractivity contribution >= 4 is 11.8 Å². The Labute approximate surface area is 159 Å². The number of fused-ring (bicyclic) bond motifs is 2. The van der Waals surface area contributed by atoms with Crippen LogP contribution in [0.15, 0.2) is 48.5 Å². The number of carbonyl (C=O) groups excluding carboxylic acids is 1. The first kappa shape index (κ1) is 17.6. The monoisotopic (exact) mass is 361 g/mol. The fourth-order valence-corrected chi connectivity index (χ4v) is 4.25. The minimum Gasteiger partial charge on any atom is -0.449 e. The fraction of sp³-hybridized carbons (Fsp3) is 0.364. The summed E-state index contributed by atoms with van der Waals surface area (Å²) >= 11 is 0. The standard InChI is InChI=1S/C22H23N3O2/c23-13-15-4-3-5-17(10-15)20-6-1-2-7-21(20)25-22(26)27-14-16-11-18-8-9-19(12-16)24-18/h1-7,10,16,18-19,24H,8-9,11-12,14H2,(H,25,26). The van der Waals surface area contributed by atoms with Crippen molar-refractivity contribution in [1.82, 2.24) is 5.32 Å². The predicted octanol–water partition coefficient (Wildman–Crippen LogP) is 4.30. The van der Waals surface area contributed by atoms with E-state index in [0.717, 1.165) is 24.0 Å². The molecule has 2 bridgehead atoms. The summed E-state index contributed by atoms with van der Waals surface area (Å²) in [6.07, 6.45) is 4.22. The van der Waals surface area contributed by atoms with Gasteiger partial charge in [0, 0.05) is 17.6 Å². The van der Waals surface area contributed by atoms with Crippen LogP contribution in [0.1, 0.15) is 31.2 Å². The molecule has 0 radical (unpaired) electrons. The van der Waals surface area contributed by atoms with Gasteiger partial charge in [0.2, 0.25) is 0 Å². The zero-order chi connectivity index (χ0) is 18.6. The van der Waals surface area contributed by atoms with Gasteiger partial charge in [0.15, 0.2) is 0 Å². The van der Waals surface area contributed by atoms with Crippen molar-refractivity contribution in [2.45, 2.75) is 37.8 Å². The third-order valence-corrected chi connectivity index (χ3v) is 5.49. The normalized spacial score (nSPS) is 23.4. The van der Waals surface area contributed by atoms with Gasteiger partial charge in [-0.25, -0.2) is 4.79 Å². The lowest BCUT2D eigenvalue weighted by molar-refractivity contribution is 0.122. The van der Waals surface area contributed by atoms with Crippen LogP contribution in [0, 0.1) is 17.2 Å². The highest BCUT2D eigenvalue weighted by Crippen LogP contribution is 2.31. The van der Waals surface area contributed by atoms with Crippen LogP contribution in [-0.4, -0.2) is 24.8 Å². The summed E-state index contributed by atoms with van der Waals surface area (Å²) in [5, 5.41) is 15.6. The maximum Gasteiger partial charge on any atom is 0.411 e. The molecular weight excluding hydrogens is 338 g/mol. The van der Waals surface area contributed by atoms with Crippen LogP contribution >= 0.6 is 0 Å². The second kappa shape index (κ2) is 7.81. The molecule has 1 amide bonds. The second-order valence-electron chi connectivity index (χ2n) is 7.44. The van der Waals surface area contributed by atoms with Gasteiger partial charge in [-0.2, -0.15) is 5.26 Å². The van der Waals surface area contributed by atoms with Crippen molar-refractivity contribution in [2.24, 2.45) is 5.92 Å². The molecule has 2 aliphatic rings. The number of benzene rings is 2. The molecule has 0 spiro atoms. The smallest absolute Gasteiger partial charge is 0.411 e. The number of piperidine rings is 1. The number of hydrogen-bond acceptors (Lipinski definition) is 4. The number of nitrogens with one attached hydrogen (secondary N) is 2. The van der Waals surface area contributed by atoms with Gasteiger partial charge in [0.1, 0.15) is 0 Å². The number of hydrogen-bond donors (Lipinski definition) is 2. The number of nitriles is 1. The van der Waals surface area contributed by atoms with Crippen molar-refractivity contribution in [3.8, 4) is 17.2 Å². The summed E-state index contributed by atoms with van der Waals surface area (Å²) < 4.78 is 5.52. The van der Waals surface area contributed by atoms with Gasteiger partial charge in [0.05, 0.1) is 23.9 Å². The second-order valence-corrected chi connectivity index (χ2v) is 7.44. The van der Waals surface area contributed by atoms with Gasteiger partial charge in [-0.15, -0.1) is 0 Å². The largest absolute Gasteiger partial charge is 0.449 e. The Bertz CT molecular complexity index is 862. The lowest BCUT2D eigenvalue weighted by Gasteiger charge is -2.28. The molecule has 27 heavy (non-hydrogen) atoms. The molecule has 2 aromatic carbocycles. The van der Waals surface area contributed by atoms with Crippen LogP contribution in [0.3, 0.4) is 0 Å². The molecule has 2 atom stereocenters. The molecule has 2 heterocycles. The molecule has 2 saturated heterocycles. The molecule has 2 aliphatic heterocycles. The molecule has 138 valence electrons. The summed E-state index contributed by atoms with van der Waals surface area (Å²) in [6.45, 7) is 0.465. The molecule has 5 heteroatoms. The molecule has 0 aliphatic carbocycles. The number of anilines is 1. The van der Waals surface area contributed by atoms with Gasteiger partial charge >= 0.3 is 6.09 Å². The zero-order valence-corrected chi connectivity index (χ0v) is 15.2. The Morgan fingerprint density at radius 3 is 2.70 bits per heavy atom. The third-order valence-electron chi connectivity index (χ3n) is 5.49. The Balaban J connectivity index is 1.40. The first-order valence-electron chi connectivity index (χ1n) is 9.50. The SMILES string of the molecule is N#Cc1cccc(-c2ccccc2NC(=O)OCC2CC3CCC(C2)N3)c1. The molecule has 0 saturated carbocycles. The molecule has 0 aromatic heterocycles. The Kier molecular flexibility index (Phi) is 5.08. The fourth-order valence-electron chi connectivity index (χ4n) is 4.25. The predicted molar refractivity (Wildman–Crippen MR) is 104 cm³/mol. The topological polar surface area (TPSA) is 74.2 Å². The minimum atomic E-state index is -0.426. The Morgan fingerprint density at radius 2 is 1.93 bits per heavy atom. The van der Waals surface area contributed by atoms with Crippen LogP contribution in [-0.2, 0) is 4.74 Å². The minimum absolute atomic E-state index is 0.426. The molecule has 2 fully saturated rings. The summed E-state index contributed by atoms with van der Waals surface area (Å²) in [6, 6.07) is 18.2. The average Bonchev–Trinajstić information content (AvgIpc) is 3.05. The highest BCUT2D eigenvalue weighted by Gasteiger charge is 2.33. The van der Waals surface area contributed by atoms with E-state index in [4.69, 9.17) is 10.00 Å². The van der Waals surface area contributed by atoms with Crippen molar-refractivity contribution < 1.29 is 9.53 Å². The molecule has 4 rings (SSSR count). The summed E-state index contributed by atoms with van der Waals surface area (Å²) in [5.41, 5.74) is 3.03. The molecule has 2 aromatic rings. The van der Waals surface area contributed by atoms with E-state index in [1.54, 1.807) is 6.07 Å². The van der Waals surface area contributed by atoms with Crippen LogP contribution in [0.4, 0.5) is 10.5 Å². The highest BCUT2D eigenvalue weighted by atomic mass is 16.5. The van der Waals surface area contributed by atoms with E-state index in [9.17, 15) is 4.79 Å². The number of carbonyl (C=O) groups is 1. The van der Waals surface area contributed by atoms with Crippen LogP contribution in [0.5, 0.6) is 0 Å². The highest BCUT2D eigenvalue weighted by molar-refractivity contribution is 5.91.